The highest BCUT2D eigenvalue weighted by Crippen LogP contribution is 2.38. The van der Waals surface area contributed by atoms with Gasteiger partial charge in [0.25, 0.3) is 5.71 Å². The summed E-state index contributed by atoms with van der Waals surface area (Å²) in [5, 5.41) is 3.51. The molecule has 2 saturated heterocycles. The van der Waals surface area contributed by atoms with Gasteiger partial charge in [-0.1, -0.05) is 5.16 Å². The average Bonchev–Trinajstić information content (AvgIpc) is 3.29. The molecule has 168 valence electrons. The van der Waals surface area contributed by atoms with E-state index in [1.54, 1.807) is 9.80 Å². The van der Waals surface area contributed by atoms with Crippen molar-refractivity contribution in [3.63, 3.8) is 0 Å². The summed E-state index contributed by atoms with van der Waals surface area (Å²) in [6.07, 6.45) is -3.12. The number of aryl methyl sites for hydroxylation is 1. The number of pyridine rings is 1. The molecule has 0 radical (unpaired) electrons. The number of likely N-dealkylation sites (tertiary alicyclic amines) is 2. The first-order chi connectivity index (χ1) is 14.6. The summed E-state index contributed by atoms with van der Waals surface area (Å²) in [4.78, 5) is 32.9. The molecule has 4 rings (SSSR count). The molecule has 0 unspecified atom stereocenters. The van der Waals surface area contributed by atoms with Crippen LogP contribution in [0.5, 0.6) is 0 Å². The van der Waals surface area contributed by atoms with Gasteiger partial charge in [-0.25, -0.2) is 4.98 Å². The van der Waals surface area contributed by atoms with Crippen molar-refractivity contribution in [1.82, 2.24) is 19.9 Å². The Morgan fingerprint density at radius 2 is 2.03 bits per heavy atom. The number of carbonyl (C=O) groups is 2. The summed E-state index contributed by atoms with van der Waals surface area (Å²) in [6, 6.07) is 1.09. The molecule has 0 bridgehead atoms. The van der Waals surface area contributed by atoms with Crippen LogP contribution in [0.3, 0.4) is 0 Å². The van der Waals surface area contributed by atoms with Gasteiger partial charge in [-0.3, -0.25) is 9.59 Å². The van der Waals surface area contributed by atoms with Gasteiger partial charge in [0, 0.05) is 38.0 Å². The lowest BCUT2D eigenvalue weighted by atomic mass is 9.91. The molecule has 2 atom stereocenters. The lowest BCUT2D eigenvalue weighted by Crippen LogP contribution is -2.43. The van der Waals surface area contributed by atoms with Gasteiger partial charge in [0.05, 0.1) is 28.3 Å². The van der Waals surface area contributed by atoms with Crippen molar-refractivity contribution in [3.05, 3.63) is 23.0 Å². The van der Waals surface area contributed by atoms with Crippen molar-refractivity contribution in [1.29, 1.82) is 0 Å². The van der Waals surface area contributed by atoms with Gasteiger partial charge in [0.2, 0.25) is 11.8 Å². The van der Waals surface area contributed by atoms with E-state index in [4.69, 9.17) is 4.52 Å². The Labute approximate surface area is 177 Å². The van der Waals surface area contributed by atoms with Crippen molar-refractivity contribution in [2.24, 2.45) is 5.92 Å². The second-order valence-corrected chi connectivity index (χ2v) is 8.70. The Balaban J connectivity index is 1.57. The molecular weight excluding hydrogens is 413 g/mol. The van der Waals surface area contributed by atoms with Crippen molar-refractivity contribution in [3.8, 4) is 0 Å². The normalized spacial score (nSPS) is 22.7. The second kappa shape index (κ2) is 7.80. The van der Waals surface area contributed by atoms with Crippen molar-refractivity contribution >= 4 is 22.9 Å². The summed E-state index contributed by atoms with van der Waals surface area (Å²) in [7, 11) is 0. The molecule has 2 aromatic rings. The highest BCUT2D eigenvalue weighted by atomic mass is 19.4. The van der Waals surface area contributed by atoms with E-state index in [2.05, 4.69) is 10.1 Å². The van der Waals surface area contributed by atoms with Crippen LogP contribution in [-0.4, -0.2) is 57.4 Å². The van der Waals surface area contributed by atoms with Crippen molar-refractivity contribution < 1.29 is 27.3 Å². The molecule has 0 aliphatic carbocycles. The Morgan fingerprint density at radius 3 is 2.68 bits per heavy atom. The molecule has 4 heterocycles. The first-order valence-electron chi connectivity index (χ1n) is 10.5. The molecule has 10 heteroatoms. The number of aromatic nitrogens is 2. The lowest BCUT2D eigenvalue weighted by molar-refractivity contribution is -0.137. The van der Waals surface area contributed by atoms with Crippen LogP contribution in [0.4, 0.5) is 13.2 Å². The maximum Gasteiger partial charge on any atom is 0.417 e. The van der Waals surface area contributed by atoms with Gasteiger partial charge >= 0.3 is 6.18 Å². The number of rotatable bonds is 3. The molecule has 2 fully saturated rings. The number of carbonyl (C=O) groups excluding carboxylic acids is 2. The first kappa shape index (κ1) is 21.6. The number of fused-ring (bicyclic) bond motifs is 1. The van der Waals surface area contributed by atoms with Gasteiger partial charge in [0.15, 0.2) is 0 Å². The molecule has 31 heavy (non-hydrogen) atoms. The van der Waals surface area contributed by atoms with E-state index in [1.807, 2.05) is 13.8 Å². The zero-order valence-electron chi connectivity index (χ0n) is 17.7. The minimum atomic E-state index is -4.57. The molecular formula is C21H25F3N4O3. The first-order valence-corrected chi connectivity index (χ1v) is 10.5. The highest BCUT2D eigenvalue weighted by molar-refractivity contribution is 5.89. The van der Waals surface area contributed by atoms with Gasteiger partial charge in [-0.15, -0.1) is 0 Å². The predicted molar refractivity (Wildman–Crippen MR) is 105 cm³/mol. The number of nitrogens with zero attached hydrogens (tertiary/aromatic N) is 4. The number of hydrogen-bond donors (Lipinski definition) is 0. The lowest BCUT2D eigenvalue weighted by Gasteiger charge is -2.34. The summed E-state index contributed by atoms with van der Waals surface area (Å²) in [5.74, 6) is -0.906. The number of alkyl halides is 3. The van der Waals surface area contributed by atoms with Gasteiger partial charge in [-0.2, -0.15) is 13.2 Å². The molecule has 0 N–H and O–H groups in total. The standard InChI is InChI=1S/C21H25F3N4O3/c1-11(2)28-10-14(7-17(28)29)20(30)27-6-4-5-13(9-27)16-8-15(21(22,23)24)18-12(3)26-31-19(18)25-16/h8,11,13-14H,4-7,9-10H2,1-3H3/t13-,14+/m0/s1. The topological polar surface area (TPSA) is 79.5 Å². The molecule has 2 amide bonds. The number of piperidine rings is 1. The monoisotopic (exact) mass is 438 g/mol. The molecule has 2 aromatic heterocycles. The van der Waals surface area contributed by atoms with Crippen LogP contribution >= 0.6 is 0 Å². The van der Waals surface area contributed by atoms with Gasteiger partial charge in [0.1, 0.15) is 0 Å². The summed E-state index contributed by atoms with van der Waals surface area (Å²) < 4.78 is 46.0. The molecule has 7 nitrogen and oxygen atoms in total. The minimum Gasteiger partial charge on any atom is -0.342 e. The van der Waals surface area contributed by atoms with Crippen LogP contribution in [0, 0.1) is 12.8 Å². The van der Waals surface area contributed by atoms with Crippen molar-refractivity contribution in [2.45, 2.75) is 58.2 Å². The van der Waals surface area contributed by atoms with Crippen LogP contribution in [0.2, 0.25) is 0 Å². The summed E-state index contributed by atoms with van der Waals surface area (Å²) in [6.45, 7) is 6.45. The van der Waals surface area contributed by atoms with Crippen LogP contribution in [-0.2, 0) is 15.8 Å². The van der Waals surface area contributed by atoms with E-state index < -0.39 is 17.7 Å². The number of hydrogen-bond acceptors (Lipinski definition) is 5. The minimum absolute atomic E-state index is 0.0292. The Hall–Kier alpha value is -2.65. The SMILES string of the molecule is Cc1noc2nc([C@H]3CCCN(C(=O)[C@@H]4CC(=O)N(C(C)C)C4)C3)cc(C(F)(F)F)c12. The summed E-state index contributed by atoms with van der Waals surface area (Å²) >= 11 is 0. The third-order valence-corrected chi connectivity index (χ3v) is 6.22. The molecule has 0 saturated carbocycles. The second-order valence-electron chi connectivity index (χ2n) is 8.70. The fourth-order valence-corrected chi connectivity index (χ4v) is 4.62. The third kappa shape index (κ3) is 3.99. The fraction of sp³-hybridized carbons (Fsp3) is 0.619. The van der Waals surface area contributed by atoms with Crippen LogP contribution < -0.4 is 0 Å². The maximum atomic E-state index is 13.7. The van der Waals surface area contributed by atoms with Crippen molar-refractivity contribution in [2.75, 3.05) is 19.6 Å². The zero-order chi connectivity index (χ0) is 22.5. The zero-order valence-corrected chi connectivity index (χ0v) is 17.7. The molecule has 2 aliphatic heterocycles. The van der Waals surface area contributed by atoms with Crippen LogP contribution in [0.15, 0.2) is 10.6 Å². The number of amides is 2. The fourth-order valence-electron chi connectivity index (χ4n) is 4.62. The molecule has 2 aliphatic rings. The summed E-state index contributed by atoms with van der Waals surface area (Å²) in [5.41, 5.74) is -0.564. The van der Waals surface area contributed by atoms with Crippen LogP contribution in [0.25, 0.3) is 11.1 Å². The van der Waals surface area contributed by atoms with E-state index in [1.165, 1.54) is 6.92 Å². The Kier molecular flexibility index (Phi) is 5.43. The Morgan fingerprint density at radius 1 is 1.29 bits per heavy atom. The average molecular weight is 438 g/mol. The number of halogens is 3. The molecule has 0 spiro atoms. The predicted octanol–water partition coefficient (Wildman–Crippen LogP) is 3.51. The van der Waals surface area contributed by atoms with Crippen LogP contribution in [0.1, 0.15) is 56.0 Å². The third-order valence-electron chi connectivity index (χ3n) is 6.22. The quantitative estimate of drug-likeness (QED) is 0.733. The Bertz CT molecular complexity index is 1020. The van der Waals surface area contributed by atoms with E-state index in [-0.39, 0.29) is 59.2 Å². The van der Waals surface area contributed by atoms with E-state index in [0.717, 1.165) is 6.07 Å². The highest BCUT2D eigenvalue weighted by Gasteiger charge is 2.40. The van der Waals surface area contributed by atoms with Gasteiger partial charge in [-0.05, 0) is 39.7 Å². The van der Waals surface area contributed by atoms with E-state index in [0.29, 0.717) is 25.9 Å². The smallest absolute Gasteiger partial charge is 0.342 e. The largest absolute Gasteiger partial charge is 0.417 e. The van der Waals surface area contributed by atoms with E-state index >= 15 is 0 Å². The van der Waals surface area contributed by atoms with E-state index in [9.17, 15) is 22.8 Å². The molecule has 0 aromatic carbocycles. The van der Waals surface area contributed by atoms with Gasteiger partial charge < -0.3 is 14.3 Å². The maximum absolute atomic E-state index is 13.7.